The Hall–Kier alpha value is -0.570. The Labute approximate surface area is 86.4 Å². The Morgan fingerprint density at radius 3 is 2.64 bits per heavy atom. The number of carbonyl (C=O) groups excluding carboxylic acids is 1. The zero-order valence-electron chi connectivity index (χ0n) is 9.13. The molecule has 3 heteroatoms. The molecule has 0 aliphatic carbocycles. The van der Waals surface area contributed by atoms with Gasteiger partial charge in [-0.3, -0.25) is 4.79 Å². The van der Waals surface area contributed by atoms with Crippen molar-refractivity contribution in [2.75, 3.05) is 26.3 Å². The summed E-state index contributed by atoms with van der Waals surface area (Å²) in [7, 11) is 0. The second-order valence-corrected chi connectivity index (χ2v) is 3.74. The highest BCUT2D eigenvalue weighted by atomic mass is 16.5. The molecule has 1 fully saturated rings. The van der Waals surface area contributed by atoms with Gasteiger partial charge >= 0.3 is 0 Å². The Bertz CT molecular complexity index is 165. The maximum atomic E-state index is 11.6. The van der Waals surface area contributed by atoms with E-state index in [4.69, 9.17) is 4.74 Å². The van der Waals surface area contributed by atoms with Crippen LogP contribution in [0.3, 0.4) is 0 Å². The summed E-state index contributed by atoms with van der Waals surface area (Å²) in [6, 6.07) is 0. The van der Waals surface area contributed by atoms with Crippen molar-refractivity contribution in [2.45, 2.75) is 39.0 Å². The average Bonchev–Trinajstić information content (AvgIpc) is 2.25. The topological polar surface area (TPSA) is 29.5 Å². The number of amides is 1. The highest BCUT2D eigenvalue weighted by Gasteiger charge is 2.15. The van der Waals surface area contributed by atoms with Crippen LogP contribution in [-0.2, 0) is 9.53 Å². The second kappa shape index (κ2) is 6.82. The maximum absolute atomic E-state index is 11.6. The number of hydrogen-bond acceptors (Lipinski definition) is 2. The fraction of sp³-hybridized carbons (Fsp3) is 0.909. The summed E-state index contributed by atoms with van der Waals surface area (Å²) in [6.07, 6.45) is 5.15. The van der Waals surface area contributed by atoms with Gasteiger partial charge in [-0.25, -0.2) is 0 Å². The fourth-order valence-electron chi connectivity index (χ4n) is 1.77. The first kappa shape index (κ1) is 11.5. The predicted octanol–water partition coefficient (Wildman–Crippen LogP) is 1.82. The molecular formula is C11H21NO2. The van der Waals surface area contributed by atoms with Crippen LogP contribution in [0.15, 0.2) is 0 Å². The lowest BCUT2D eigenvalue weighted by Crippen LogP contribution is -2.35. The minimum Gasteiger partial charge on any atom is -0.382 e. The average molecular weight is 199 g/mol. The Balaban J connectivity index is 2.07. The van der Waals surface area contributed by atoms with Gasteiger partial charge in [-0.1, -0.05) is 0 Å². The van der Waals surface area contributed by atoms with Crippen LogP contribution < -0.4 is 0 Å². The zero-order chi connectivity index (χ0) is 10.2. The molecule has 0 unspecified atom stereocenters. The van der Waals surface area contributed by atoms with Crippen LogP contribution in [-0.4, -0.2) is 37.1 Å². The minimum atomic E-state index is 0.310. The summed E-state index contributed by atoms with van der Waals surface area (Å²) in [5.41, 5.74) is 0. The molecule has 1 saturated heterocycles. The van der Waals surface area contributed by atoms with Gasteiger partial charge < -0.3 is 9.64 Å². The van der Waals surface area contributed by atoms with E-state index in [9.17, 15) is 4.79 Å². The van der Waals surface area contributed by atoms with E-state index >= 15 is 0 Å². The van der Waals surface area contributed by atoms with Crippen molar-refractivity contribution >= 4 is 5.91 Å². The number of carbonyl (C=O) groups is 1. The number of hydrogen-bond donors (Lipinski definition) is 0. The molecular weight excluding hydrogens is 178 g/mol. The van der Waals surface area contributed by atoms with E-state index < -0.39 is 0 Å². The summed E-state index contributed by atoms with van der Waals surface area (Å²) in [5.74, 6) is 0.310. The largest absolute Gasteiger partial charge is 0.382 e. The number of ether oxygens (including phenoxy) is 1. The molecule has 1 aliphatic heterocycles. The van der Waals surface area contributed by atoms with E-state index in [-0.39, 0.29) is 0 Å². The maximum Gasteiger partial charge on any atom is 0.222 e. The van der Waals surface area contributed by atoms with Gasteiger partial charge in [0.25, 0.3) is 0 Å². The molecule has 0 bridgehead atoms. The second-order valence-electron chi connectivity index (χ2n) is 3.74. The van der Waals surface area contributed by atoms with Gasteiger partial charge in [0.05, 0.1) is 0 Å². The quantitative estimate of drug-likeness (QED) is 0.632. The standard InChI is InChI=1S/C11H21NO2/c1-2-14-10-6-7-11(13)12-8-4-3-5-9-12/h2-10H2,1H3. The third-order valence-corrected chi connectivity index (χ3v) is 2.59. The van der Waals surface area contributed by atoms with E-state index in [1.54, 1.807) is 0 Å². The fourth-order valence-corrected chi connectivity index (χ4v) is 1.77. The highest BCUT2D eigenvalue weighted by molar-refractivity contribution is 5.76. The van der Waals surface area contributed by atoms with Crippen molar-refractivity contribution < 1.29 is 9.53 Å². The van der Waals surface area contributed by atoms with E-state index in [1.807, 2.05) is 11.8 Å². The minimum absolute atomic E-state index is 0.310. The Morgan fingerprint density at radius 1 is 1.29 bits per heavy atom. The molecule has 1 rings (SSSR count). The van der Waals surface area contributed by atoms with Crippen molar-refractivity contribution in [1.82, 2.24) is 4.90 Å². The Kier molecular flexibility index (Phi) is 5.60. The summed E-state index contributed by atoms with van der Waals surface area (Å²) in [6.45, 7) is 5.38. The monoisotopic (exact) mass is 199 g/mol. The molecule has 0 aromatic heterocycles. The SMILES string of the molecule is CCOCCCC(=O)N1CCCCC1. The number of rotatable bonds is 5. The molecule has 1 amide bonds. The summed E-state index contributed by atoms with van der Waals surface area (Å²) in [4.78, 5) is 13.6. The van der Waals surface area contributed by atoms with Crippen molar-refractivity contribution in [3.8, 4) is 0 Å². The van der Waals surface area contributed by atoms with Gasteiger partial charge in [0.2, 0.25) is 5.91 Å². The van der Waals surface area contributed by atoms with Crippen molar-refractivity contribution in [3.63, 3.8) is 0 Å². The first-order valence-corrected chi connectivity index (χ1v) is 5.70. The van der Waals surface area contributed by atoms with Crippen LogP contribution in [0.4, 0.5) is 0 Å². The normalized spacial score (nSPS) is 17.1. The Morgan fingerprint density at radius 2 is 2.00 bits per heavy atom. The van der Waals surface area contributed by atoms with E-state index in [0.29, 0.717) is 12.3 Å². The summed E-state index contributed by atoms with van der Waals surface area (Å²) >= 11 is 0. The lowest BCUT2D eigenvalue weighted by Gasteiger charge is -2.26. The van der Waals surface area contributed by atoms with Crippen LogP contribution in [0.1, 0.15) is 39.0 Å². The molecule has 0 aromatic carbocycles. The smallest absolute Gasteiger partial charge is 0.222 e. The molecule has 0 spiro atoms. The van der Waals surface area contributed by atoms with Gasteiger partial charge in [-0.15, -0.1) is 0 Å². The van der Waals surface area contributed by atoms with Gasteiger partial charge in [0, 0.05) is 32.7 Å². The van der Waals surface area contributed by atoms with Crippen LogP contribution >= 0.6 is 0 Å². The van der Waals surface area contributed by atoms with E-state index in [0.717, 1.165) is 32.7 Å². The molecule has 0 atom stereocenters. The third kappa shape index (κ3) is 4.09. The van der Waals surface area contributed by atoms with Crippen LogP contribution in [0.5, 0.6) is 0 Å². The molecule has 1 aliphatic rings. The first-order valence-electron chi connectivity index (χ1n) is 5.70. The first-order chi connectivity index (χ1) is 6.84. The molecule has 1 heterocycles. The molecule has 0 N–H and O–H groups in total. The van der Waals surface area contributed by atoms with Crippen molar-refractivity contribution in [1.29, 1.82) is 0 Å². The molecule has 14 heavy (non-hydrogen) atoms. The molecule has 0 saturated carbocycles. The third-order valence-electron chi connectivity index (χ3n) is 2.59. The van der Waals surface area contributed by atoms with Gasteiger partial charge in [0.15, 0.2) is 0 Å². The van der Waals surface area contributed by atoms with Gasteiger partial charge in [-0.05, 0) is 32.6 Å². The highest BCUT2D eigenvalue weighted by Crippen LogP contribution is 2.10. The van der Waals surface area contributed by atoms with Gasteiger partial charge in [-0.2, -0.15) is 0 Å². The van der Waals surface area contributed by atoms with Crippen LogP contribution in [0, 0.1) is 0 Å². The van der Waals surface area contributed by atoms with E-state index in [1.165, 1.54) is 19.3 Å². The number of nitrogens with zero attached hydrogens (tertiary/aromatic N) is 1. The zero-order valence-corrected chi connectivity index (χ0v) is 9.13. The number of piperidine rings is 1. The van der Waals surface area contributed by atoms with Crippen LogP contribution in [0.25, 0.3) is 0 Å². The summed E-state index contributed by atoms with van der Waals surface area (Å²) < 4.78 is 5.20. The van der Waals surface area contributed by atoms with Crippen molar-refractivity contribution in [3.05, 3.63) is 0 Å². The van der Waals surface area contributed by atoms with Crippen molar-refractivity contribution in [2.24, 2.45) is 0 Å². The molecule has 0 radical (unpaired) electrons. The number of likely N-dealkylation sites (tertiary alicyclic amines) is 1. The van der Waals surface area contributed by atoms with Crippen LogP contribution in [0.2, 0.25) is 0 Å². The lowest BCUT2D eigenvalue weighted by atomic mass is 10.1. The molecule has 0 aromatic rings. The predicted molar refractivity (Wildman–Crippen MR) is 56.2 cm³/mol. The molecule has 3 nitrogen and oxygen atoms in total. The summed E-state index contributed by atoms with van der Waals surface area (Å²) in [5, 5.41) is 0. The lowest BCUT2D eigenvalue weighted by molar-refractivity contribution is -0.132. The van der Waals surface area contributed by atoms with Gasteiger partial charge in [0.1, 0.15) is 0 Å². The van der Waals surface area contributed by atoms with E-state index in [2.05, 4.69) is 0 Å². The molecule has 82 valence electrons.